The summed E-state index contributed by atoms with van der Waals surface area (Å²) < 4.78 is 5.06. The molecule has 0 saturated carbocycles. The Morgan fingerprint density at radius 3 is 2.24 bits per heavy atom. The van der Waals surface area contributed by atoms with Crippen LogP contribution in [0.5, 0.6) is 0 Å². The highest BCUT2D eigenvalue weighted by Gasteiger charge is 2.35. The summed E-state index contributed by atoms with van der Waals surface area (Å²) in [6.45, 7) is 5.33. The van der Waals surface area contributed by atoms with E-state index in [-0.39, 0.29) is 5.91 Å². The van der Waals surface area contributed by atoms with E-state index in [0.29, 0.717) is 22.1 Å². The lowest BCUT2D eigenvalue weighted by molar-refractivity contribution is -0.136. The number of nitrogens with one attached hydrogen (secondary N) is 2. The number of carbonyl (C=O) groups excluding carboxylic acids is 2. The van der Waals surface area contributed by atoms with Crippen molar-refractivity contribution in [2.75, 3.05) is 17.3 Å². The number of aryl methyl sites for hydroxylation is 1. The first-order valence-electron chi connectivity index (χ1n) is 9.15. The van der Waals surface area contributed by atoms with Crippen molar-refractivity contribution >= 4 is 40.6 Å². The number of allylic oxidation sites excluding steroid dienone is 1. The smallest absolute Gasteiger partial charge is 0.337 e. The molecular weight excluding hydrogens is 386 g/mol. The van der Waals surface area contributed by atoms with Crippen LogP contribution in [0.2, 0.25) is 0 Å². The predicted molar refractivity (Wildman–Crippen MR) is 118 cm³/mol. The Labute approximate surface area is 175 Å². The van der Waals surface area contributed by atoms with Crippen LogP contribution >= 0.6 is 12.2 Å². The minimum atomic E-state index is -0.456. The van der Waals surface area contributed by atoms with Crippen molar-refractivity contribution in [1.29, 1.82) is 0 Å². The van der Waals surface area contributed by atoms with Gasteiger partial charge < -0.3 is 15.4 Å². The largest absolute Gasteiger partial charge is 0.466 e. The summed E-state index contributed by atoms with van der Waals surface area (Å²) in [5, 5.41) is 6.49. The lowest BCUT2D eigenvalue weighted by Gasteiger charge is -2.37. The minimum Gasteiger partial charge on any atom is -0.466 e. The van der Waals surface area contributed by atoms with Crippen LogP contribution in [-0.4, -0.2) is 24.1 Å². The number of amides is 1. The third-order valence-electron chi connectivity index (χ3n) is 4.75. The van der Waals surface area contributed by atoms with Crippen LogP contribution in [0, 0.1) is 6.92 Å². The first-order valence-corrected chi connectivity index (χ1v) is 9.56. The Kier molecular flexibility index (Phi) is 5.98. The lowest BCUT2D eigenvalue weighted by atomic mass is 9.94. The molecule has 2 aromatic carbocycles. The molecule has 0 aromatic heterocycles. The van der Waals surface area contributed by atoms with Gasteiger partial charge in [0.15, 0.2) is 5.11 Å². The molecule has 1 aliphatic rings. The summed E-state index contributed by atoms with van der Waals surface area (Å²) in [5.41, 5.74) is 4.71. The van der Waals surface area contributed by atoms with Crippen LogP contribution in [-0.2, 0) is 14.3 Å². The van der Waals surface area contributed by atoms with Crippen LogP contribution in [0.15, 0.2) is 59.8 Å². The maximum atomic E-state index is 12.7. The van der Waals surface area contributed by atoms with E-state index >= 15 is 0 Å². The van der Waals surface area contributed by atoms with Gasteiger partial charge in [-0.3, -0.25) is 9.69 Å². The molecule has 29 heavy (non-hydrogen) atoms. The fourth-order valence-electron chi connectivity index (χ4n) is 3.33. The second-order valence-corrected chi connectivity index (χ2v) is 7.23. The van der Waals surface area contributed by atoms with E-state index < -0.39 is 12.0 Å². The molecule has 1 amide bonds. The quantitative estimate of drug-likeness (QED) is 0.591. The standard InChI is InChI=1S/C22H23N3O3S/c1-13-5-11-18(12-6-13)25-14(2)19(21(27)28-4)20(24-22(25)29)16-7-9-17(10-8-16)23-15(3)26/h5-12,20H,1-4H3,(H,23,26)(H,24,29)/t20-/m0/s1. The molecule has 0 fully saturated rings. The fourth-order valence-corrected chi connectivity index (χ4v) is 3.69. The number of hydrogen-bond donors (Lipinski definition) is 2. The Bertz CT molecular complexity index is 981. The maximum absolute atomic E-state index is 12.7. The number of thiocarbonyl (C=S) groups is 1. The van der Waals surface area contributed by atoms with Crippen LogP contribution in [0.25, 0.3) is 0 Å². The summed E-state index contributed by atoms with van der Waals surface area (Å²) in [7, 11) is 1.36. The minimum absolute atomic E-state index is 0.144. The monoisotopic (exact) mass is 409 g/mol. The molecule has 1 aliphatic heterocycles. The van der Waals surface area contributed by atoms with Gasteiger partial charge in [-0.1, -0.05) is 29.8 Å². The Balaban J connectivity index is 2.04. The molecule has 1 heterocycles. The second-order valence-electron chi connectivity index (χ2n) is 6.85. The van der Waals surface area contributed by atoms with Crippen molar-refractivity contribution in [2.45, 2.75) is 26.8 Å². The third kappa shape index (κ3) is 4.30. The number of anilines is 2. The van der Waals surface area contributed by atoms with Gasteiger partial charge in [0.2, 0.25) is 5.91 Å². The zero-order valence-electron chi connectivity index (χ0n) is 16.8. The molecule has 2 aromatic rings. The second kappa shape index (κ2) is 8.45. The van der Waals surface area contributed by atoms with E-state index in [1.807, 2.05) is 55.1 Å². The predicted octanol–water partition coefficient (Wildman–Crippen LogP) is 3.84. The first kappa shape index (κ1) is 20.5. The Hall–Kier alpha value is -3.19. The molecule has 6 nitrogen and oxygen atoms in total. The van der Waals surface area contributed by atoms with Gasteiger partial charge in [-0.15, -0.1) is 0 Å². The van der Waals surface area contributed by atoms with E-state index in [9.17, 15) is 9.59 Å². The van der Waals surface area contributed by atoms with Gasteiger partial charge in [0, 0.05) is 24.0 Å². The molecule has 1 atom stereocenters. The van der Waals surface area contributed by atoms with E-state index in [0.717, 1.165) is 16.8 Å². The van der Waals surface area contributed by atoms with Crippen molar-refractivity contribution in [3.8, 4) is 0 Å². The number of nitrogens with zero attached hydrogens (tertiary/aromatic N) is 1. The van der Waals surface area contributed by atoms with Gasteiger partial charge in [-0.25, -0.2) is 4.79 Å². The van der Waals surface area contributed by atoms with Crippen molar-refractivity contribution in [2.24, 2.45) is 0 Å². The van der Waals surface area contributed by atoms with Crippen molar-refractivity contribution in [1.82, 2.24) is 5.32 Å². The molecule has 7 heteroatoms. The maximum Gasteiger partial charge on any atom is 0.337 e. The van der Waals surface area contributed by atoms with Crippen molar-refractivity contribution in [3.05, 3.63) is 70.9 Å². The number of methoxy groups -OCH3 is 1. The van der Waals surface area contributed by atoms with Crippen LogP contribution in [0.1, 0.15) is 31.0 Å². The summed E-state index contributed by atoms with van der Waals surface area (Å²) in [5.74, 6) is -0.569. The number of rotatable bonds is 4. The molecule has 0 bridgehead atoms. The molecule has 150 valence electrons. The van der Waals surface area contributed by atoms with Gasteiger partial charge >= 0.3 is 5.97 Å². The molecule has 0 radical (unpaired) electrons. The van der Waals surface area contributed by atoms with Gasteiger partial charge in [0.1, 0.15) is 0 Å². The van der Waals surface area contributed by atoms with Gasteiger partial charge in [0.05, 0.1) is 18.7 Å². The fraction of sp³-hybridized carbons (Fsp3) is 0.227. The Morgan fingerprint density at radius 1 is 1.07 bits per heavy atom. The first-order chi connectivity index (χ1) is 13.8. The summed E-state index contributed by atoms with van der Waals surface area (Å²) in [4.78, 5) is 25.7. The highest BCUT2D eigenvalue weighted by molar-refractivity contribution is 7.80. The number of ether oxygens (including phenoxy) is 1. The van der Waals surface area contributed by atoms with E-state index in [4.69, 9.17) is 17.0 Å². The molecular formula is C22H23N3O3S. The average Bonchev–Trinajstić information content (AvgIpc) is 2.68. The van der Waals surface area contributed by atoms with Crippen molar-refractivity contribution < 1.29 is 14.3 Å². The van der Waals surface area contributed by atoms with E-state index in [1.165, 1.54) is 14.0 Å². The van der Waals surface area contributed by atoms with Crippen LogP contribution < -0.4 is 15.5 Å². The highest BCUT2D eigenvalue weighted by Crippen LogP contribution is 2.34. The van der Waals surface area contributed by atoms with E-state index in [1.54, 1.807) is 12.1 Å². The zero-order valence-corrected chi connectivity index (χ0v) is 17.6. The Morgan fingerprint density at radius 2 is 1.69 bits per heavy atom. The molecule has 0 aliphatic carbocycles. The number of carbonyl (C=O) groups is 2. The van der Waals surface area contributed by atoms with Crippen molar-refractivity contribution in [3.63, 3.8) is 0 Å². The zero-order chi connectivity index (χ0) is 21.1. The summed E-state index contributed by atoms with van der Waals surface area (Å²) in [6, 6.07) is 14.7. The van der Waals surface area contributed by atoms with E-state index in [2.05, 4.69) is 10.6 Å². The van der Waals surface area contributed by atoms with Gasteiger partial charge in [0.25, 0.3) is 0 Å². The van der Waals surface area contributed by atoms with Gasteiger partial charge in [-0.2, -0.15) is 0 Å². The van der Waals surface area contributed by atoms with Crippen LogP contribution in [0.3, 0.4) is 0 Å². The SMILES string of the molecule is COC(=O)C1=C(C)N(c2ccc(C)cc2)C(=S)N[C@H]1c1ccc(NC(C)=O)cc1. The molecule has 0 saturated heterocycles. The normalized spacial score (nSPS) is 16.3. The molecule has 0 spiro atoms. The lowest BCUT2D eigenvalue weighted by Crippen LogP contribution is -2.48. The summed E-state index contributed by atoms with van der Waals surface area (Å²) >= 11 is 5.63. The molecule has 3 rings (SSSR count). The highest BCUT2D eigenvalue weighted by atomic mass is 32.1. The summed E-state index contributed by atoms with van der Waals surface area (Å²) in [6.07, 6.45) is 0. The molecule has 0 unspecified atom stereocenters. The molecule has 2 N–H and O–H groups in total. The van der Waals surface area contributed by atoms with Gasteiger partial charge in [-0.05, 0) is 55.9 Å². The topological polar surface area (TPSA) is 70.7 Å². The number of benzene rings is 2. The van der Waals surface area contributed by atoms with Crippen LogP contribution in [0.4, 0.5) is 11.4 Å². The average molecular weight is 410 g/mol. The third-order valence-corrected chi connectivity index (χ3v) is 5.05. The number of hydrogen-bond acceptors (Lipinski definition) is 4. The number of esters is 1.